The van der Waals surface area contributed by atoms with Gasteiger partial charge in [-0.3, -0.25) is 4.79 Å². The molecule has 1 unspecified atom stereocenters. The van der Waals surface area contributed by atoms with Crippen molar-refractivity contribution < 1.29 is 9.90 Å². The second-order valence-corrected chi connectivity index (χ2v) is 4.39. The van der Waals surface area contributed by atoms with Gasteiger partial charge in [0.25, 0.3) is 0 Å². The summed E-state index contributed by atoms with van der Waals surface area (Å²) < 4.78 is 1.60. The molecule has 0 bridgehead atoms. The second-order valence-electron chi connectivity index (χ2n) is 3.55. The van der Waals surface area contributed by atoms with Crippen LogP contribution in [0.5, 0.6) is 0 Å². The van der Waals surface area contributed by atoms with Crippen molar-refractivity contribution in [3.63, 3.8) is 0 Å². The third-order valence-corrected chi connectivity index (χ3v) is 3.22. The summed E-state index contributed by atoms with van der Waals surface area (Å²) >= 11 is 1.48. The number of aliphatic carboxylic acids is 1. The van der Waals surface area contributed by atoms with Gasteiger partial charge >= 0.3 is 5.97 Å². The Labute approximate surface area is 96.4 Å². The first kappa shape index (κ1) is 10.8. The molecule has 2 aromatic heterocycles. The molecular weight excluding hydrogens is 226 g/mol. The summed E-state index contributed by atoms with van der Waals surface area (Å²) in [6, 6.07) is 0. The van der Waals surface area contributed by atoms with E-state index >= 15 is 0 Å². The van der Waals surface area contributed by atoms with E-state index in [0.717, 1.165) is 10.8 Å². The van der Waals surface area contributed by atoms with Crippen LogP contribution in [0.1, 0.15) is 24.1 Å². The van der Waals surface area contributed by atoms with Crippen molar-refractivity contribution in [2.45, 2.75) is 19.8 Å². The lowest BCUT2D eigenvalue weighted by atomic mass is 10.1. The molecule has 0 spiro atoms. The van der Waals surface area contributed by atoms with Gasteiger partial charge in [0.1, 0.15) is 0 Å². The molecule has 16 heavy (non-hydrogen) atoms. The topological polar surface area (TPSA) is 68.0 Å². The number of aromatic nitrogens is 3. The highest BCUT2D eigenvalue weighted by Gasteiger charge is 2.16. The molecule has 0 amide bonds. The van der Waals surface area contributed by atoms with E-state index in [1.54, 1.807) is 24.0 Å². The van der Waals surface area contributed by atoms with Crippen molar-refractivity contribution in [2.75, 3.05) is 0 Å². The van der Waals surface area contributed by atoms with Crippen molar-refractivity contribution in [2.24, 2.45) is 0 Å². The number of hydrogen-bond acceptors (Lipinski definition) is 4. The Morgan fingerprint density at radius 2 is 2.38 bits per heavy atom. The van der Waals surface area contributed by atoms with Gasteiger partial charge in [0.05, 0.1) is 17.8 Å². The molecule has 2 aromatic rings. The largest absolute Gasteiger partial charge is 0.481 e. The minimum Gasteiger partial charge on any atom is -0.481 e. The van der Waals surface area contributed by atoms with Crippen LogP contribution < -0.4 is 0 Å². The highest BCUT2D eigenvalue weighted by molar-refractivity contribution is 7.12. The Balaban J connectivity index is 2.29. The number of thiazole rings is 1. The molecule has 0 radical (unpaired) electrons. The van der Waals surface area contributed by atoms with Crippen LogP contribution in [-0.2, 0) is 4.79 Å². The number of carboxylic acid groups (broad SMARTS) is 1. The highest BCUT2D eigenvalue weighted by atomic mass is 32.1. The molecule has 0 aromatic carbocycles. The Morgan fingerprint density at radius 3 is 2.94 bits per heavy atom. The van der Waals surface area contributed by atoms with Crippen LogP contribution in [0.25, 0.3) is 5.13 Å². The monoisotopic (exact) mass is 237 g/mol. The predicted molar refractivity (Wildman–Crippen MR) is 60.0 cm³/mol. The molecule has 0 saturated heterocycles. The highest BCUT2D eigenvalue weighted by Crippen LogP contribution is 2.18. The van der Waals surface area contributed by atoms with Gasteiger partial charge in [0, 0.05) is 17.1 Å². The molecule has 0 fully saturated rings. The average molecular weight is 237 g/mol. The number of carboxylic acids is 1. The van der Waals surface area contributed by atoms with Crippen molar-refractivity contribution >= 4 is 17.3 Å². The summed E-state index contributed by atoms with van der Waals surface area (Å²) in [5.74, 6) is -1.40. The smallest absolute Gasteiger partial charge is 0.310 e. The minimum absolute atomic E-state index is 0.546. The molecule has 5 nitrogen and oxygen atoms in total. The molecular formula is C10H11N3O2S. The van der Waals surface area contributed by atoms with Crippen LogP contribution in [-0.4, -0.2) is 25.8 Å². The summed E-state index contributed by atoms with van der Waals surface area (Å²) in [4.78, 5) is 15.1. The third-order valence-electron chi connectivity index (χ3n) is 2.28. The molecule has 84 valence electrons. The zero-order valence-electron chi connectivity index (χ0n) is 8.91. The Kier molecular flexibility index (Phi) is 2.74. The number of carbonyl (C=O) groups is 1. The fraction of sp³-hybridized carbons (Fsp3) is 0.300. The molecule has 0 saturated carbocycles. The second kappa shape index (κ2) is 4.05. The van der Waals surface area contributed by atoms with Crippen LogP contribution in [0.15, 0.2) is 17.8 Å². The summed E-state index contributed by atoms with van der Waals surface area (Å²) in [7, 11) is 0. The molecule has 0 aliphatic heterocycles. The van der Waals surface area contributed by atoms with Crippen LogP contribution >= 0.6 is 11.3 Å². The van der Waals surface area contributed by atoms with Crippen LogP contribution in [0, 0.1) is 6.92 Å². The fourth-order valence-electron chi connectivity index (χ4n) is 1.25. The van der Waals surface area contributed by atoms with Gasteiger partial charge in [-0.1, -0.05) is 0 Å². The van der Waals surface area contributed by atoms with E-state index in [4.69, 9.17) is 5.11 Å². The summed E-state index contributed by atoms with van der Waals surface area (Å²) in [5.41, 5.74) is 1.61. The Morgan fingerprint density at radius 1 is 1.62 bits per heavy atom. The van der Waals surface area contributed by atoms with E-state index in [1.807, 2.05) is 12.3 Å². The van der Waals surface area contributed by atoms with Crippen molar-refractivity contribution in [1.29, 1.82) is 0 Å². The van der Waals surface area contributed by atoms with E-state index in [2.05, 4.69) is 10.1 Å². The Hall–Kier alpha value is -1.69. The van der Waals surface area contributed by atoms with Crippen LogP contribution in [0.2, 0.25) is 0 Å². The third kappa shape index (κ3) is 1.96. The number of rotatable bonds is 3. The van der Waals surface area contributed by atoms with Gasteiger partial charge in [0.15, 0.2) is 0 Å². The SMILES string of the molecule is Cc1csc(-n2cc(C(C)C(=O)O)cn2)n1. The maximum absolute atomic E-state index is 10.8. The fourth-order valence-corrected chi connectivity index (χ4v) is 1.99. The van der Waals surface area contributed by atoms with Gasteiger partial charge in [-0.15, -0.1) is 11.3 Å². The lowest BCUT2D eigenvalue weighted by Gasteiger charge is -2.00. The molecule has 1 N–H and O–H groups in total. The quantitative estimate of drug-likeness (QED) is 0.884. The molecule has 0 aliphatic carbocycles. The summed E-state index contributed by atoms with van der Waals surface area (Å²) in [6.07, 6.45) is 3.27. The lowest BCUT2D eigenvalue weighted by Crippen LogP contribution is -2.06. The minimum atomic E-state index is -0.852. The zero-order valence-corrected chi connectivity index (χ0v) is 9.73. The zero-order chi connectivity index (χ0) is 11.7. The van der Waals surface area contributed by atoms with E-state index in [-0.39, 0.29) is 0 Å². The molecule has 6 heteroatoms. The van der Waals surface area contributed by atoms with Gasteiger partial charge in [-0.05, 0) is 13.8 Å². The van der Waals surface area contributed by atoms with E-state index in [9.17, 15) is 4.79 Å². The van der Waals surface area contributed by atoms with E-state index in [0.29, 0.717) is 5.56 Å². The molecule has 2 rings (SSSR count). The number of hydrogen-bond donors (Lipinski definition) is 1. The molecule has 2 heterocycles. The maximum atomic E-state index is 10.8. The first-order chi connectivity index (χ1) is 7.58. The van der Waals surface area contributed by atoms with E-state index < -0.39 is 11.9 Å². The maximum Gasteiger partial charge on any atom is 0.310 e. The molecule has 1 atom stereocenters. The van der Waals surface area contributed by atoms with Gasteiger partial charge in [-0.2, -0.15) is 5.10 Å². The number of aryl methyl sites for hydroxylation is 1. The van der Waals surface area contributed by atoms with Crippen molar-refractivity contribution in [3.05, 3.63) is 29.0 Å². The normalized spacial score (nSPS) is 12.6. The number of nitrogens with zero attached hydrogens (tertiary/aromatic N) is 3. The van der Waals surface area contributed by atoms with Crippen molar-refractivity contribution in [1.82, 2.24) is 14.8 Å². The van der Waals surface area contributed by atoms with Crippen LogP contribution in [0.3, 0.4) is 0 Å². The van der Waals surface area contributed by atoms with Gasteiger partial charge in [0.2, 0.25) is 5.13 Å². The van der Waals surface area contributed by atoms with Gasteiger partial charge < -0.3 is 5.11 Å². The lowest BCUT2D eigenvalue weighted by molar-refractivity contribution is -0.138. The summed E-state index contributed by atoms with van der Waals surface area (Å²) in [5, 5.41) is 15.7. The van der Waals surface area contributed by atoms with E-state index in [1.165, 1.54) is 11.3 Å². The first-order valence-electron chi connectivity index (χ1n) is 4.78. The Bertz CT molecular complexity index is 518. The predicted octanol–water partition coefficient (Wildman–Crippen LogP) is 1.83. The summed E-state index contributed by atoms with van der Waals surface area (Å²) in [6.45, 7) is 3.54. The van der Waals surface area contributed by atoms with Gasteiger partial charge in [-0.25, -0.2) is 9.67 Å². The van der Waals surface area contributed by atoms with Crippen LogP contribution in [0.4, 0.5) is 0 Å². The average Bonchev–Trinajstić information content (AvgIpc) is 2.84. The first-order valence-corrected chi connectivity index (χ1v) is 5.66. The van der Waals surface area contributed by atoms with Crippen molar-refractivity contribution in [3.8, 4) is 5.13 Å². The molecule has 0 aliphatic rings. The standard InChI is InChI=1S/C10H11N3O2S/c1-6-5-16-10(12-6)13-4-8(3-11-13)7(2)9(14)15/h3-5,7H,1-2H3,(H,14,15).